The van der Waals surface area contributed by atoms with Gasteiger partial charge in [0.2, 0.25) is 0 Å². The van der Waals surface area contributed by atoms with Crippen molar-refractivity contribution in [1.82, 2.24) is 4.90 Å². The number of rotatable bonds is 2. The lowest BCUT2D eigenvalue weighted by Crippen LogP contribution is -2.34. The lowest BCUT2D eigenvalue weighted by Gasteiger charge is -2.19. The van der Waals surface area contributed by atoms with E-state index in [9.17, 15) is 13.2 Å². The third kappa shape index (κ3) is 3.68. The first-order valence-electron chi connectivity index (χ1n) is 6.83. The lowest BCUT2D eigenvalue weighted by atomic mass is 10.1. The van der Waals surface area contributed by atoms with Crippen LogP contribution in [-0.2, 0) is 14.6 Å². The van der Waals surface area contributed by atoms with Crippen LogP contribution in [0.1, 0.15) is 24.2 Å². The van der Waals surface area contributed by atoms with Gasteiger partial charge in [0.15, 0.2) is 9.84 Å². The summed E-state index contributed by atoms with van der Waals surface area (Å²) in [5.41, 5.74) is 0.602. The summed E-state index contributed by atoms with van der Waals surface area (Å²) >= 11 is 6.12. The first-order valence-corrected chi connectivity index (χ1v) is 8.92. The Kier molecular flexibility index (Phi) is 5.11. The Balaban J connectivity index is 2.24. The average Bonchev–Trinajstić information content (AvgIpc) is 2.58. The molecule has 0 N–H and O–H groups in total. The maximum absolute atomic E-state index is 12.4. The second-order valence-electron chi connectivity index (χ2n) is 4.85. The van der Waals surface area contributed by atoms with Gasteiger partial charge in [-0.2, -0.15) is 0 Å². The van der Waals surface area contributed by atoms with Crippen molar-refractivity contribution in [2.75, 3.05) is 25.4 Å². The fourth-order valence-corrected chi connectivity index (χ4v) is 4.58. The normalized spacial score (nSPS) is 21.6. The molecule has 21 heavy (non-hydrogen) atoms. The van der Waals surface area contributed by atoms with E-state index in [1.165, 1.54) is 4.90 Å². The van der Waals surface area contributed by atoms with Crippen LogP contribution in [0.5, 0.6) is 0 Å². The molecule has 1 heterocycles. The molecule has 1 aromatic carbocycles. The molecule has 0 aromatic heterocycles. The number of halogens is 1. The number of carbonyl (C=O) groups excluding carboxylic acids is 1. The van der Waals surface area contributed by atoms with Gasteiger partial charge >= 0.3 is 6.09 Å². The molecule has 116 valence electrons. The van der Waals surface area contributed by atoms with Gasteiger partial charge in [-0.25, -0.2) is 13.2 Å². The van der Waals surface area contributed by atoms with Crippen LogP contribution < -0.4 is 0 Å². The first-order chi connectivity index (χ1) is 9.95. The fraction of sp³-hybridized carbons (Fsp3) is 0.500. The van der Waals surface area contributed by atoms with Crippen LogP contribution in [0.2, 0.25) is 5.02 Å². The Morgan fingerprint density at radius 3 is 2.76 bits per heavy atom. The third-order valence-corrected chi connectivity index (χ3v) is 5.97. The van der Waals surface area contributed by atoms with E-state index < -0.39 is 21.2 Å². The molecule has 1 amide bonds. The number of ether oxygens (including phenoxy) is 1. The van der Waals surface area contributed by atoms with Gasteiger partial charge in [-0.1, -0.05) is 29.8 Å². The van der Waals surface area contributed by atoms with Crippen LogP contribution in [0.3, 0.4) is 0 Å². The summed E-state index contributed by atoms with van der Waals surface area (Å²) in [5, 5.41) is -0.235. The van der Waals surface area contributed by atoms with E-state index >= 15 is 0 Å². The van der Waals surface area contributed by atoms with E-state index in [1.807, 2.05) is 0 Å². The fourth-order valence-electron chi connectivity index (χ4n) is 2.43. The van der Waals surface area contributed by atoms with Crippen molar-refractivity contribution in [3.63, 3.8) is 0 Å². The van der Waals surface area contributed by atoms with Crippen LogP contribution in [0.4, 0.5) is 4.79 Å². The second-order valence-corrected chi connectivity index (χ2v) is 7.56. The number of sulfone groups is 1. The first kappa shape index (κ1) is 16.1. The van der Waals surface area contributed by atoms with Crippen molar-refractivity contribution < 1.29 is 17.9 Å². The zero-order chi connectivity index (χ0) is 15.5. The van der Waals surface area contributed by atoms with Gasteiger partial charge < -0.3 is 9.64 Å². The molecular formula is C14H18ClNO4S. The van der Waals surface area contributed by atoms with Crippen LogP contribution in [0.15, 0.2) is 24.3 Å². The molecule has 1 atom stereocenters. The summed E-state index contributed by atoms with van der Waals surface area (Å²) in [6.07, 6.45) is -0.141. The maximum atomic E-state index is 12.4. The van der Waals surface area contributed by atoms with Crippen LogP contribution in [0.25, 0.3) is 0 Å². The van der Waals surface area contributed by atoms with Crippen LogP contribution >= 0.6 is 11.6 Å². The van der Waals surface area contributed by atoms with E-state index in [4.69, 9.17) is 16.3 Å². The van der Waals surface area contributed by atoms with Gasteiger partial charge in [0.1, 0.15) is 0 Å². The predicted octanol–water partition coefficient (Wildman–Crippen LogP) is 2.66. The van der Waals surface area contributed by atoms with E-state index in [0.29, 0.717) is 23.6 Å². The topological polar surface area (TPSA) is 63.7 Å². The third-order valence-electron chi connectivity index (χ3n) is 3.52. The summed E-state index contributed by atoms with van der Waals surface area (Å²) in [5.74, 6) is -0.0816. The Morgan fingerprint density at radius 1 is 1.38 bits per heavy atom. The average molecular weight is 332 g/mol. The van der Waals surface area contributed by atoms with Gasteiger partial charge in [0.25, 0.3) is 0 Å². The van der Waals surface area contributed by atoms with E-state index in [1.54, 1.807) is 31.2 Å². The van der Waals surface area contributed by atoms with Gasteiger partial charge in [-0.15, -0.1) is 0 Å². The highest BCUT2D eigenvalue weighted by atomic mass is 35.5. The van der Waals surface area contributed by atoms with Crippen molar-refractivity contribution in [2.24, 2.45) is 0 Å². The zero-order valence-corrected chi connectivity index (χ0v) is 13.4. The Bertz CT molecular complexity index is 617. The Morgan fingerprint density at radius 2 is 2.10 bits per heavy atom. The molecular weight excluding hydrogens is 314 g/mol. The molecule has 0 saturated carbocycles. The van der Waals surface area contributed by atoms with Crippen molar-refractivity contribution in [3.05, 3.63) is 34.9 Å². The molecule has 0 radical (unpaired) electrons. The van der Waals surface area contributed by atoms with Crippen LogP contribution in [0, 0.1) is 0 Å². The Hall–Kier alpha value is -1.27. The molecule has 1 aliphatic rings. The highest BCUT2D eigenvalue weighted by Crippen LogP contribution is 2.33. The number of carbonyl (C=O) groups is 1. The maximum Gasteiger partial charge on any atom is 0.409 e. The molecule has 0 bridgehead atoms. The Labute approximate surface area is 129 Å². The summed E-state index contributed by atoms with van der Waals surface area (Å²) in [4.78, 5) is 13.2. The van der Waals surface area contributed by atoms with Gasteiger partial charge in [-0.3, -0.25) is 0 Å². The lowest BCUT2D eigenvalue weighted by molar-refractivity contribution is 0.109. The van der Waals surface area contributed by atoms with Crippen molar-refractivity contribution in [2.45, 2.75) is 18.6 Å². The highest BCUT2D eigenvalue weighted by molar-refractivity contribution is 7.91. The molecule has 5 nitrogen and oxygen atoms in total. The minimum atomic E-state index is -3.35. The van der Waals surface area contributed by atoms with E-state index in [2.05, 4.69) is 0 Å². The quantitative estimate of drug-likeness (QED) is 0.835. The largest absolute Gasteiger partial charge is 0.450 e. The molecule has 1 unspecified atom stereocenters. The van der Waals surface area contributed by atoms with Gasteiger partial charge in [0, 0.05) is 18.1 Å². The number of benzene rings is 1. The summed E-state index contributed by atoms with van der Waals surface area (Å²) in [7, 11) is -3.35. The molecule has 0 aliphatic carbocycles. The molecule has 1 aromatic rings. The number of amides is 1. The molecule has 0 spiro atoms. The monoisotopic (exact) mass is 331 g/mol. The van der Waals surface area contributed by atoms with Crippen LogP contribution in [-0.4, -0.2) is 44.9 Å². The molecule has 7 heteroatoms. The van der Waals surface area contributed by atoms with E-state index in [-0.39, 0.29) is 18.9 Å². The van der Waals surface area contributed by atoms with Crippen molar-refractivity contribution in [1.29, 1.82) is 0 Å². The minimum absolute atomic E-state index is 0.0816. The standard InChI is InChI=1S/C14H18ClNO4S/c1-2-20-14(17)16-8-7-13(21(18,19)10-9-16)11-5-3-4-6-12(11)15/h3-6,13H,2,7-10H2,1H3. The number of hydrogen-bond donors (Lipinski definition) is 0. The summed E-state index contributed by atoms with van der Waals surface area (Å²) in [6.45, 7) is 2.49. The second kappa shape index (κ2) is 6.66. The highest BCUT2D eigenvalue weighted by Gasteiger charge is 2.34. The minimum Gasteiger partial charge on any atom is -0.450 e. The summed E-state index contributed by atoms with van der Waals surface area (Å²) in [6, 6.07) is 6.94. The molecule has 1 saturated heterocycles. The van der Waals surface area contributed by atoms with Crippen molar-refractivity contribution in [3.8, 4) is 0 Å². The zero-order valence-electron chi connectivity index (χ0n) is 11.8. The number of hydrogen-bond acceptors (Lipinski definition) is 4. The SMILES string of the molecule is CCOC(=O)N1CCC(c2ccccc2Cl)S(=O)(=O)CC1. The molecule has 1 aliphatic heterocycles. The van der Waals surface area contributed by atoms with Gasteiger partial charge in [-0.05, 0) is 25.0 Å². The van der Waals surface area contributed by atoms with Crippen molar-refractivity contribution >= 4 is 27.5 Å². The molecule has 2 rings (SSSR count). The summed E-state index contributed by atoms with van der Waals surface area (Å²) < 4.78 is 29.8. The molecule has 1 fully saturated rings. The smallest absolute Gasteiger partial charge is 0.409 e. The predicted molar refractivity (Wildman–Crippen MR) is 81.2 cm³/mol. The van der Waals surface area contributed by atoms with E-state index in [0.717, 1.165) is 0 Å². The van der Waals surface area contributed by atoms with Gasteiger partial charge in [0.05, 0.1) is 17.6 Å². The number of nitrogens with zero attached hydrogens (tertiary/aromatic N) is 1.